The van der Waals surface area contributed by atoms with E-state index in [0.29, 0.717) is 18.3 Å². The van der Waals surface area contributed by atoms with Crippen LogP contribution in [0.2, 0.25) is 0 Å². The summed E-state index contributed by atoms with van der Waals surface area (Å²) < 4.78 is 0. The molecule has 3 rings (SSSR count). The third-order valence-corrected chi connectivity index (χ3v) is 3.14. The Morgan fingerprint density at radius 2 is 2.26 bits per heavy atom. The highest BCUT2D eigenvalue weighted by atomic mass is 35.5. The molecule has 98 valence electrons. The van der Waals surface area contributed by atoms with Gasteiger partial charge in [0.05, 0.1) is 5.36 Å². The van der Waals surface area contributed by atoms with Crippen molar-refractivity contribution in [2.24, 2.45) is 4.99 Å². The molecule has 5 heteroatoms. The van der Waals surface area contributed by atoms with Crippen molar-refractivity contribution in [3.05, 3.63) is 34.3 Å². The molecule has 2 aliphatic rings. The van der Waals surface area contributed by atoms with Gasteiger partial charge in [-0.15, -0.1) is 12.4 Å². The van der Waals surface area contributed by atoms with Gasteiger partial charge in [0, 0.05) is 29.8 Å². The number of carbonyl (C=O) groups excluding carboxylic acids is 1. The molecule has 0 bridgehead atoms. The highest BCUT2D eigenvalue weighted by Crippen LogP contribution is 2.12. The van der Waals surface area contributed by atoms with E-state index in [2.05, 4.69) is 22.2 Å². The largest absolute Gasteiger partial charge is 0.376 e. The van der Waals surface area contributed by atoms with Crippen LogP contribution in [0.4, 0.5) is 0 Å². The number of halogens is 1. The molecule has 0 radical (unpaired) electrons. The summed E-state index contributed by atoms with van der Waals surface area (Å²) in [4.78, 5) is 15.1. The summed E-state index contributed by atoms with van der Waals surface area (Å²) in [5, 5.41) is 14.6. The summed E-state index contributed by atoms with van der Waals surface area (Å²) in [6.45, 7) is 1.26. The number of carbonyl (C=O) groups is 1. The molecule has 1 aromatic carbocycles. The van der Waals surface area contributed by atoms with Gasteiger partial charge in [-0.25, -0.2) is 4.99 Å². The first-order chi connectivity index (χ1) is 8.66. The predicted molar refractivity (Wildman–Crippen MR) is 73.3 cm³/mol. The lowest BCUT2D eigenvalue weighted by atomic mass is 10.0. The van der Waals surface area contributed by atoms with Gasteiger partial charge in [-0.2, -0.15) is 0 Å². The van der Waals surface area contributed by atoms with Gasteiger partial charge in [0.15, 0.2) is 0 Å². The summed E-state index contributed by atoms with van der Waals surface area (Å²) in [7, 11) is 0. The molecule has 1 fully saturated rings. The van der Waals surface area contributed by atoms with Gasteiger partial charge in [0.1, 0.15) is 5.60 Å². The van der Waals surface area contributed by atoms with Gasteiger partial charge in [-0.1, -0.05) is 17.9 Å². The molecule has 2 aliphatic heterocycles. The Kier molecular flexibility index (Phi) is 3.72. The van der Waals surface area contributed by atoms with Crippen LogP contribution in [0, 0.1) is 11.8 Å². The first-order valence-electron chi connectivity index (χ1n) is 5.86. The Morgan fingerprint density at radius 3 is 3.00 bits per heavy atom. The third kappa shape index (κ3) is 2.69. The quantitative estimate of drug-likeness (QED) is 0.606. The summed E-state index contributed by atoms with van der Waals surface area (Å²) in [5.41, 5.74) is -0.218. The maximum absolute atomic E-state index is 11.2. The van der Waals surface area contributed by atoms with Crippen molar-refractivity contribution in [2.75, 3.05) is 13.1 Å². The fourth-order valence-electron chi connectivity index (χ4n) is 2.15. The fourth-order valence-corrected chi connectivity index (χ4v) is 2.15. The second-order valence-corrected chi connectivity index (χ2v) is 4.54. The average Bonchev–Trinajstić information content (AvgIpc) is 2.92. The van der Waals surface area contributed by atoms with Gasteiger partial charge in [0.2, 0.25) is 0 Å². The number of hydrogen-bond acceptors (Lipinski definition) is 3. The zero-order chi connectivity index (χ0) is 12.6. The van der Waals surface area contributed by atoms with E-state index in [4.69, 9.17) is 0 Å². The Morgan fingerprint density at radius 1 is 1.42 bits per heavy atom. The first-order valence-corrected chi connectivity index (χ1v) is 5.86. The lowest BCUT2D eigenvalue weighted by Crippen LogP contribution is -2.29. The van der Waals surface area contributed by atoms with E-state index in [1.807, 2.05) is 12.1 Å². The number of fused-ring (bicyclic) bond motifs is 1. The average molecular weight is 277 g/mol. The summed E-state index contributed by atoms with van der Waals surface area (Å²) in [5.74, 6) is 5.60. The molecule has 19 heavy (non-hydrogen) atoms. The van der Waals surface area contributed by atoms with Crippen LogP contribution in [0.15, 0.2) is 23.2 Å². The van der Waals surface area contributed by atoms with E-state index in [9.17, 15) is 9.90 Å². The van der Waals surface area contributed by atoms with E-state index in [1.54, 1.807) is 6.07 Å². The van der Waals surface area contributed by atoms with Crippen LogP contribution < -0.4 is 15.9 Å². The van der Waals surface area contributed by atoms with Crippen LogP contribution in [-0.4, -0.2) is 29.7 Å². The van der Waals surface area contributed by atoms with Crippen molar-refractivity contribution in [3.8, 4) is 11.8 Å². The maximum atomic E-state index is 11.2. The summed E-state index contributed by atoms with van der Waals surface area (Å²) >= 11 is 0. The molecule has 2 N–H and O–H groups in total. The highest BCUT2D eigenvalue weighted by molar-refractivity contribution is 6.06. The number of amides is 1. The van der Waals surface area contributed by atoms with E-state index in [0.717, 1.165) is 17.3 Å². The molecule has 0 spiro atoms. The van der Waals surface area contributed by atoms with Crippen molar-refractivity contribution in [1.29, 1.82) is 0 Å². The van der Waals surface area contributed by atoms with Gasteiger partial charge in [-0.3, -0.25) is 4.79 Å². The second-order valence-electron chi connectivity index (χ2n) is 4.54. The third-order valence-electron chi connectivity index (χ3n) is 3.14. The van der Waals surface area contributed by atoms with E-state index >= 15 is 0 Å². The molecule has 4 nitrogen and oxygen atoms in total. The van der Waals surface area contributed by atoms with Gasteiger partial charge < -0.3 is 10.4 Å². The van der Waals surface area contributed by atoms with Crippen LogP contribution in [0.3, 0.4) is 0 Å². The summed E-state index contributed by atoms with van der Waals surface area (Å²) in [6, 6.07) is 5.44. The first kappa shape index (κ1) is 13.8. The van der Waals surface area contributed by atoms with Crippen LogP contribution in [0.25, 0.3) is 6.08 Å². The topological polar surface area (TPSA) is 61.7 Å². The molecule has 0 aromatic heterocycles. The van der Waals surface area contributed by atoms with Gasteiger partial charge in [-0.05, 0) is 18.7 Å². The number of β-amino-alcohol motifs (C(OH)–C–C–N with tert-alkyl or cyclic N) is 1. The molecule has 2 heterocycles. The molecule has 1 atom stereocenters. The van der Waals surface area contributed by atoms with E-state index in [-0.39, 0.29) is 18.3 Å². The zero-order valence-corrected chi connectivity index (χ0v) is 11.0. The number of nitrogens with zero attached hydrogens (tertiary/aromatic N) is 1. The second kappa shape index (κ2) is 5.14. The minimum absolute atomic E-state index is 0. The lowest BCUT2D eigenvalue weighted by Gasteiger charge is -2.11. The van der Waals surface area contributed by atoms with Crippen molar-refractivity contribution in [3.63, 3.8) is 0 Å². The molecular weight excluding hydrogens is 264 g/mol. The Balaban J connectivity index is 0.00000133. The van der Waals surface area contributed by atoms with Crippen LogP contribution in [-0.2, 0) is 4.79 Å². The molecule has 1 aromatic rings. The smallest absolute Gasteiger partial charge is 0.270 e. The van der Waals surface area contributed by atoms with Crippen LogP contribution in [0.1, 0.15) is 12.0 Å². The minimum Gasteiger partial charge on any atom is -0.376 e. The number of aliphatic hydroxyl groups is 1. The molecular formula is C14H13ClN2O2. The van der Waals surface area contributed by atoms with E-state index in [1.165, 1.54) is 6.08 Å². The number of rotatable bonds is 0. The van der Waals surface area contributed by atoms with Gasteiger partial charge >= 0.3 is 0 Å². The fraction of sp³-hybridized carbons (Fsp3) is 0.286. The van der Waals surface area contributed by atoms with Crippen molar-refractivity contribution in [2.45, 2.75) is 12.0 Å². The highest BCUT2D eigenvalue weighted by Gasteiger charge is 2.28. The Hall–Kier alpha value is -1.67. The monoisotopic (exact) mass is 276 g/mol. The van der Waals surface area contributed by atoms with E-state index < -0.39 is 5.60 Å². The van der Waals surface area contributed by atoms with Crippen molar-refractivity contribution in [1.82, 2.24) is 5.32 Å². The standard InChI is InChI=1S/C14H12N2O2.ClH/c17-13-8-11-10(2-1-3-12(11)16-13)4-5-14(18)6-7-15-9-14;/h1-3,8,15,18H,6-7,9H2;1H. The molecule has 1 saturated heterocycles. The molecule has 1 unspecified atom stereocenters. The lowest BCUT2D eigenvalue weighted by molar-refractivity contribution is -0.112. The number of hydrogen-bond donors (Lipinski definition) is 2. The van der Waals surface area contributed by atoms with Crippen molar-refractivity contribution >= 4 is 24.4 Å². The zero-order valence-electron chi connectivity index (χ0n) is 10.1. The number of nitrogens with one attached hydrogen (secondary N) is 1. The Labute approximate surface area is 116 Å². The molecule has 0 aliphatic carbocycles. The van der Waals surface area contributed by atoms with Gasteiger partial charge in [0.25, 0.3) is 5.91 Å². The minimum atomic E-state index is -0.956. The molecule has 0 saturated carbocycles. The Bertz CT molecular complexity index is 694. The normalized spacial score (nSPS) is 23.5. The van der Waals surface area contributed by atoms with Crippen LogP contribution in [0.5, 0.6) is 0 Å². The molecule has 1 amide bonds. The van der Waals surface area contributed by atoms with Crippen molar-refractivity contribution < 1.29 is 9.90 Å². The van der Waals surface area contributed by atoms with Crippen LogP contribution >= 0.6 is 12.4 Å². The predicted octanol–water partition coefficient (Wildman–Crippen LogP) is -0.875. The summed E-state index contributed by atoms with van der Waals surface area (Å²) in [6.07, 6.45) is 2.11. The SMILES string of the molecule is Cl.O=C1C=c2c(C#CC3(O)CCNC3)cccc2=N1. The number of benzene rings is 1. The maximum Gasteiger partial charge on any atom is 0.270 e.